The molecule has 1 unspecified atom stereocenters. The topological polar surface area (TPSA) is 149 Å². The van der Waals surface area contributed by atoms with Crippen molar-refractivity contribution in [2.24, 2.45) is 0 Å². The van der Waals surface area contributed by atoms with Gasteiger partial charge in [-0.3, -0.25) is 18.6 Å². The molecular weight excluding hydrogens is 816 g/mol. The number of unbranched alkanes of at least 4 members (excludes halogenated alkanes) is 29. The number of phosphoric acid groups is 1. The zero-order valence-corrected chi connectivity index (χ0v) is 41.4. The second-order valence-electron chi connectivity index (χ2n) is 17.5. The van der Waals surface area contributed by atoms with Crippen LogP contribution in [-0.2, 0) is 32.7 Å². The van der Waals surface area contributed by atoms with Gasteiger partial charge in [0.1, 0.15) is 12.7 Å². The number of hydrogen-bond acceptors (Lipinski definition) is 9. The van der Waals surface area contributed by atoms with E-state index >= 15 is 0 Å². The zero-order chi connectivity index (χ0) is 46.2. The fourth-order valence-electron chi connectivity index (χ4n) is 7.27. The average molecular weight is 913 g/mol. The predicted molar refractivity (Wildman–Crippen MR) is 261 cm³/mol. The molecule has 11 heteroatoms. The zero-order valence-electron chi connectivity index (χ0n) is 40.5. The molecule has 0 aliphatic rings. The first-order chi connectivity index (χ1) is 30.7. The molecule has 0 aromatic rings. The van der Waals surface area contributed by atoms with Crippen LogP contribution in [0.3, 0.4) is 0 Å². The van der Waals surface area contributed by atoms with Gasteiger partial charge >= 0.3 is 19.8 Å². The van der Waals surface area contributed by atoms with Gasteiger partial charge in [0, 0.05) is 12.8 Å². The maximum atomic E-state index is 12.7. The fourth-order valence-corrected chi connectivity index (χ4v) is 8.06. The van der Waals surface area contributed by atoms with E-state index in [0.717, 1.165) is 32.1 Å². The van der Waals surface area contributed by atoms with Crippen LogP contribution in [0.25, 0.3) is 0 Å². The first kappa shape index (κ1) is 61.2. The number of allylic oxidation sites excluding steroid dienone is 6. The lowest BCUT2D eigenvalue weighted by Gasteiger charge is -2.20. The summed E-state index contributed by atoms with van der Waals surface area (Å²) in [5.41, 5.74) is 0. The summed E-state index contributed by atoms with van der Waals surface area (Å²) in [6.45, 7) is 2.35. The van der Waals surface area contributed by atoms with Gasteiger partial charge in [-0.15, -0.1) is 0 Å². The molecule has 0 saturated heterocycles. The fraction of sp³-hybridized carbons (Fsp3) is 0.846. The highest BCUT2D eigenvalue weighted by Crippen LogP contribution is 2.43. The highest BCUT2D eigenvalue weighted by atomic mass is 31.2. The number of carbonyl (C=O) groups excluding carboxylic acids is 2. The van der Waals surface area contributed by atoms with Crippen molar-refractivity contribution in [2.45, 2.75) is 257 Å². The summed E-state index contributed by atoms with van der Waals surface area (Å²) in [6.07, 6.45) is 52.8. The van der Waals surface area contributed by atoms with Crippen LogP contribution in [0.5, 0.6) is 0 Å². The molecule has 0 bridgehead atoms. The maximum Gasteiger partial charge on any atom is 0.472 e. The molecule has 63 heavy (non-hydrogen) atoms. The van der Waals surface area contributed by atoms with E-state index in [9.17, 15) is 24.2 Å². The van der Waals surface area contributed by atoms with E-state index in [1.807, 2.05) is 0 Å². The highest BCUT2D eigenvalue weighted by Gasteiger charge is 2.27. The van der Waals surface area contributed by atoms with Crippen molar-refractivity contribution < 1.29 is 47.8 Å². The van der Waals surface area contributed by atoms with Gasteiger partial charge in [-0.2, -0.15) is 0 Å². The molecular formula is C52H97O10P. The van der Waals surface area contributed by atoms with E-state index in [2.05, 4.69) is 50.3 Å². The molecule has 3 atom stereocenters. The third-order valence-corrected chi connectivity index (χ3v) is 12.2. The molecule has 0 amide bonds. The number of hydrogen-bond donors (Lipinski definition) is 3. The number of esters is 2. The van der Waals surface area contributed by atoms with Crippen LogP contribution in [0.2, 0.25) is 0 Å². The largest absolute Gasteiger partial charge is 0.472 e. The highest BCUT2D eigenvalue weighted by molar-refractivity contribution is 7.47. The lowest BCUT2D eigenvalue weighted by Crippen LogP contribution is -2.29. The van der Waals surface area contributed by atoms with Gasteiger partial charge in [0.05, 0.1) is 19.8 Å². The van der Waals surface area contributed by atoms with Crippen LogP contribution >= 0.6 is 7.82 Å². The van der Waals surface area contributed by atoms with Gasteiger partial charge in [-0.25, -0.2) is 4.57 Å². The molecule has 3 N–H and O–H groups in total. The third kappa shape index (κ3) is 48.0. The molecule has 10 nitrogen and oxygen atoms in total. The summed E-state index contributed by atoms with van der Waals surface area (Å²) in [6, 6.07) is 0. The Morgan fingerprint density at radius 3 is 1.24 bits per heavy atom. The summed E-state index contributed by atoms with van der Waals surface area (Å²) in [5, 5.41) is 18.4. The Bertz CT molecular complexity index is 1140. The van der Waals surface area contributed by atoms with Crippen LogP contribution < -0.4 is 0 Å². The van der Waals surface area contributed by atoms with Crippen molar-refractivity contribution in [1.29, 1.82) is 0 Å². The quantitative estimate of drug-likeness (QED) is 0.0233. The van der Waals surface area contributed by atoms with Gasteiger partial charge in [0.15, 0.2) is 6.10 Å². The lowest BCUT2D eigenvalue weighted by molar-refractivity contribution is -0.161. The number of carbonyl (C=O) groups is 2. The van der Waals surface area contributed by atoms with Gasteiger partial charge in [0.25, 0.3) is 0 Å². The third-order valence-electron chi connectivity index (χ3n) is 11.3. The molecule has 0 aliphatic heterocycles. The van der Waals surface area contributed by atoms with Crippen molar-refractivity contribution in [2.75, 3.05) is 26.4 Å². The van der Waals surface area contributed by atoms with Crippen molar-refractivity contribution >= 4 is 19.8 Å². The summed E-state index contributed by atoms with van der Waals surface area (Å²) < 4.78 is 32.8. The van der Waals surface area contributed by atoms with Gasteiger partial charge in [0.2, 0.25) is 0 Å². The molecule has 0 fully saturated rings. The first-order valence-electron chi connectivity index (χ1n) is 25.9. The van der Waals surface area contributed by atoms with Crippen molar-refractivity contribution in [1.82, 2.24) is 0 Å². The van der Waals surface area contributed by atoms with Crippen LogP contribution in [0, 0.1) is 0 Å². The molecule has 0 spiro atoms. The first-order valence-corrected chi connectivity index (χ1v) is 27.4. The average Bonchev–Trinajstić information content (AvgIpc) is 3.27. The van der Waals surface area contributed by atoms with E-state index < -0.39 is 51.8 Å². The Hall–Kier alpha value is -1.81. The Morgan fingerprint density at radius 1 is 0.476 bits per heavy atom. The SMILES string of the molecule is CCCCCCCCCCC/C=C/C/C=C/CCCC(=O)OC[C@H](COP(=O)(O)OC[C@@H](O)CO)OC(=O)CCC/C=C/CCCCCCCCCCCCCCCCCCCC. The van der Waals surface area contributed by atoms with Crippen molar-refractivity contribution in [3.63, 3.8) is 0 Å². The monoisotopic (exact) mass is 913 g/mol. The summed E-state index contributed by atoms with van der Waals surface area (Å²) in [7, 11) is -4.64. The Balaban J connectivity index is 4.22. The van der Waals surface area contributed by atoms with Crippen molar-refractivity contribution in [3.05, 3.63) is 36.5 Å². The minimum atomic E-state index is -4.64. The van der Waals surface area contributed by atoms with Crippen LogP contribution in [0.15, 0.2) is 36.5 Å². The number of aliphatic hydroxyl groups excluding tert-OH is 2. The number of ether oxygens (including phenoxy) is 2. The molecule has 0 rings (SSSR count). The number of rotatable bonds is 49. The smallest absolute Gasteiger partial charge is 0.462 e. The second-order valence-corrected chi connectivity index (χ2v) is 19.0. The van der Waals surface area contributed by atoms with Crippen molar-refractivity contribution in [3.8, 4) is 0 Å². The van der Waals surface area contributed by atoms with Crippen LogP contribution in [0.1, 0.15) is 245 Å². The standard InChI is InChI=1S/C52H97O10P/c1-3-5-7-9-11-13-15-17-19-21-22-23-24-25-26-28-30-32-34-36-38-40-42-44-52(56)62-50(48-61-63(57,58)60-46-49(54)45-53)47-59-51(55)43-41-39-37-35-33-31-29-27-20-18-16-14-12-10-8-6-4-2/h29,31,35-38,49-50,53-54H,3-28,30,32-34,39-48H2,1-2H3,(H,57,58)/b31-29+,37-35+,38-36+/t49-,50+/m0/s1. The van der Waals surface area contributed by atoms with Gasteiger partial charge in [-0.05, 0) is 57.8 Å². The minimum Gasteiger partial charge on any atom is -0.462 e. The summed E-state index contributed by atoms with van der Waals surface area (Å²) in [5.74, 6) is -1.01. The summed E-state index contributed by atoms with van der Waals surface area (Å²) in [4.78, 5) is 35.1. The Kier molecular flexibility index (Phi) is 46.7. The van der Waals surface area contributed by atoms with E-state index in [0.29, 0.717) is 12.8 Å². The predicted octanol–water partition coefficient (Wildman–Crippen LogP) is 14.7. The molecule has 0 aliphatic carbocycles. The molecule has 0 aromatic heterocycles. The van der Waals surface area contributed by atoms with Crippen LogP contribution in [-0.4, -0.2) is 65.7 Å². The van der Waals surface area contributed by atoms with Gasteiger partial charge < -0.3 is 24.6 Å². The molecule has 0 radical (unpaired) electrons. The van der Waals surface area contributed by atoms with Crippen LogP contribution in [0.4, 0.5) is 0 Å². The van der Waals surface area contributed by atoms with E-state index in [1.165, 1.54) is 173 Å². The lowest BCUT2D eigenvalue weighted by atomic mass is 10.0. The van der Waals surface area contributed by atoms with E-state index in [1.54, 1.807) is 0 Å². The number of aliphatic hydroxyl groups is 2. The second kappa shape index (κ2) is 48.1. The molecule has 0 heterocycles. The summed E-state index contributed by atoms with van der Waals surface area (Å²) >= 11 is 0. The maximum absolute atomic E-state index is 12.7. The van der Waals surface area contributed by atoms with Gasteiger partial charge in [-0.1, -0.05) is 211 Å². The molecule has 370 valence electrons. The number of phosphoric ester groups is 1. The van der Waals surface area contributed by atoms with E-state index in [-0.39, 0.29) is 19.4 Å². The molecule has 0 aromatic carbocycles. The minimum absolute atomic E-state index is 0.130. The normalized spacial score (nSPS) is 13.9. The molecule has 0 saturated carbocycles. The Morgan fingerprint density at radius 2 is 0.825 bits per heavy atom. The van der Waals surface area contributed by atoms with E-state index in [4.69, 9.17) is 23.6 Å². The Labute approximate surface area is 386 Å².